The number of carbonyl (C=O) groups excluding carboxylic acids is 2. The van der Waals surface area contributed by atoms with E-state index in [1.807, 2.05) is 48.2 Å². The van der Waals surface area contributed by atoms with E-state index in [4.69, 9.17) is 11.6 Å². The fourth-order valence-corrected chi connectivity index (χ4v) is 3.80. The van der Waals surface area contributed by atoms with Gasteiger partial charge in [0.25, 0.3) is 0 Å². The first-order chi connectivity index (χ1) is 15.0. The molecular formula is C24H31ClN4O2. The highest BCUT2D eigenvalue weighted by Gasteiger charge is 2.20. The summed E-state index contributed by atoms with van der Waals surface area (Å²) in [6, 6.07) is 12.9. The number of hydrogen-bond donors (Lipinski definition) is 2. The Morgan fingerprint density at radius 1 is 0.935 bits per heavy atom. The van der Waals surface area contributed by atoms with Crippen molar-refractivity contribution in [2.75, 3.05) is 41.7 Å². The van der Waals surface area contributed by atoms with Crippen LogP contribution in [-0.4, -0.2) is 43.0 Å². The molecule has 1 aliphatic rings. The third-order valence-electron chi connectivity index (χ3n) is 5.55. The molecule has 0 atom stereocenters. The molecule has 31 heavy (non-hydrogen) atoms. The standard InChI is InChI=1S/C24H31ClN4O2/c1-3-4-5-6-23(30)29-15-13-28(14-16-29)21-11-9-19(10-12-21)26-24(31)27-20-8-7-18(2)22(25)17-20/h7-12,17H,3-6,13-16H2,1-2H3,(H2,26,27,31). The van der Waals surface area contributed by atoms with Crippen LogP contribution in [0.15, 0.2) is 42.5 Å². The topological polar surface area (TPSA) is 64.7 Å². The number of halogens is 1. The molecule has 0 aliphatic carbocycles. The Morgan fingerprint density at radius 3 is 2.23 bits per heavy atom. The maximum atomic E-state index is 12.3. The van der Waals surface area contributed by atoms with Crippen LogP contribution < -0.4 is 15.5 Å². The number of aryl methyl sites for hydroxylation is 1. The first-order valence-electron chi connectivity index (χ1n) is 10.9. The van der Waals surface area contributed by atoms with Gasteiger partial charge in [-0.3, -0.25) is 4.79 Å². The van der Waals surface area contributed by atoms with E-state index in [0.29, 0.717) is 22.8 Å². The molecule has 1 aliphatic heterocycles. The van der Waals surface area contributed by atoms with Gasteiger partial charge in [-0.2, -0.15) is 0 Å². The summed E-state index contributed by atoms with van der Waals surface area (Å²) in [5, 5.41) is 6.24. The maximum absolute atomic E-state index is 12.3. The maximum Gasteiger partial charge on any atom is 0.323 e. The van der Waals surface area contributed by atoms with Gasteiger partial charge in [-0.1, -0.05) is 37.4 Å². The molecule has 0 unspecified atom stereocenters. The zero-order valence-electron chi connectivity index (χ0n) is 18.3. The van der Waals surface area contributed by atoms with Crippen LogP contribution in [0.25, 0.3) is 0 Å². The molecule has 0 radical (unpaired) electrons. The lowest BCUT2D eigenvalue weighted by molar-refractivity contribution is -0.131. The van der Waals surface area contributed by atoms with Gasteiger partial charge < -0.3 is 20.4 Å². The molecule has 6 nitrogen and oxygen atoms in total. The van der Waals surface area contributed by atoms with Gasteiger partial charge in [-0.25, -0.2) is 4.79 Å². The molecular weight excluding hydrogens is 412 g/mol. The van der Waals surface area contributed by atoms with E-state index < -0.39 is 0 Å². The van der Waals surface area contributed by atoms with Crippen molar-refractivity contribution < 1.29 is 9.59 Å². The van der Waals surface area contributed by atoms with Crippen molar-refractivity contribution in [2.45, 2.75) is 39.5 Å². The summed E-state index contributed by atoms with van der Waals surface area (Å²) < 4.78 is 0. The third kappa shape index (κ3) is 6.62. The van der Waals surface area contributed by atoms with E-state index in [1.54, 1.807) is 6.07 Å². The lowest BCUT2D eigenvalue weighted by Crippen LogP contribution is -2.48. The summed E-state index contributed by atoms with van der Waals surface area (Å²) in [6.07, 6.45) is 3.89. The minimum Gasteiger partial charge on any atom is -0.368 e. The Balaban J connectivity index is 1.47. The van der Waals surface area contributed by atoms with Crippen LogP contribution in [0.3, 0.4) is 0 Å². The molecule has 2 N–H and O–H groups in total. The monoisotopic (exact) mass is 442 g/mol. The summed E-state index contributed by atoms with van der Waals surface area (Å²) in [4.78, 5) is 28.8. The Hall–Kier alpha value is -2.73. The predicted octanol–water partition coefficient (Wildman–Crippen LogP) is 5.52. The van der Waals surface area contributed by atoms with E-state index in [2.05, 4.69) is 22.5 Å². The first kappa shape index (κ1) is 22.9. The fraction of sp³-hybridized carbons (Fsp3) is 0.417. The molecule has 3 rings (SSSR count). The molecule has 0 bridgehead atoms. The second-order valence-corrected chi connectivity index (χ2v) is 8.32. The highest BCUT2D eigenvalue weighted by atomic mass is 35.5. The van der Waals surface area contributed by atoms with E-state index in [-0.39, 0.29) is 11.9 Å². The van der Waals surface area contributed by atoms with Crippen LogP contribution in [0.1, 0.15) is 38.2 Å². The largest absolute Gasteiger partial charge is 0.368 e. The minimum absolute atomic E-state index is 0.272. The zero-order valence-corrected chi connectivity index (χ0v) is 19.0. The van der Waals surface area contributed by atoms with E-state index in [1.165, 1.54) is 0 Å². The summed E-state index contributed by atoms with van der Waals surface area (Å²) in [5.41, 5.74) is 3.41. The minimum atomic E-state index is -0.317. The Bertz CT molecular complexity index is 893. The van der Waals surface area contributed by atoms with Gasteiger partial charge in [-0.05, 0) is 55.3 Å². The van der Waals surface area contributed by atoms with Crippen LogP contribution >= 0.6 is 11.6 Å². The summed E-state index contributed by atoms with van der Waals surface area (Å²) in [6.45, 7) is 7.22. The van der Waals surface area contributed by atoms with Gasteiger partial charge >= 0.3 is 6.03 Å². The van der Waals surface area contributed by atoms with Crippen molar-refractivity contribution >= 4 is 40.6 Å². The number of amides is 3. The van der Waals surface area contributed by atoms with Crippen LogP contribution in [0.2, 0.25) is 5.02 Å². The summed E-state index contributed by atoms with van der Waals surface area (Å²) in [7, 11) is 0. The molecule has 1 heterocycles. The third-order valence-corrected chi connectivity index (χ3v) is 5.95. The molecule has 7 heteroatoms. The second kappa shape index (κ2) is 11.0. The molecule has 0 spiro atoms. The quantitative estimate of drug-likeness (QED) is 0.555. The van der Waals surface area contributed by atoms with Gasteiger partial charge in [0.1, 0.15) is 0 Å². The summed E-state index contributed by atoms with van der Waals surface area (Å²) in [5.74, 6) is 0.272. The van der Waals surface area contributed by atoms with Gasteiger partial charge in [-0.15, -0.1) is 0 Å². The van der Waals surface area contributed by atoms with Gasteiger partial charge in [0.05, 0.1) is 0 Å². The Labute approximate surface area is 189 Å². The normalized spacial score (nSPS) is 13.8. The SMILES string of the molecule is CCCCCC(=O)N1CCN(c2ccc(NC(=O)Nc3ccc(C)c(Cl)c3)cc2)CC1. The molecule has 0 aromatic heterocycles. The van der Waals surface area contributed by atoms with Crippen molar-refractivity contribution in [3.05, 3.63) is 53.1 Å². The average Bonchev–Trinajstić information content (AvgIpc) is 2.77. The molecule has 2 aromatic carbocycles. The fourth-order valence-electron chi connectivity index (χ4n) is 3.62. The van der Waals surface area contributed by atoms with E-state index in [0.717, 1.165) is 56.7 Å². The number of nitrogens with one attached hydrogen (secondary N) is 2. The second-order valence-electron chi connectivity index (χ2n) is 7.91. The van der Waals surface area contributed by atoms with Crippen LogP contribution in [0.4, 0.5) is 21.9 Å². The number of piperazine rings is 1. The number of urea groups is 1. The summed E-state index contributed by atoms with van der Waals surface area (Å²) >= 11 is 6.11. The van der Waals surface area contributed by atoms with Crippen LogP contribution in [0, 0.1) is 6.92 Å². The van der Waals surface area contributed by atoms with Crippen molar-refractivity contribution in [2.24, 2.45) is 0 Å². The molecule has 1 saturated heterocycles. The van der Waals surface area contributed by atoms with E-state index >= 15 is 0 Å². The number of rotatable bonds is 7. The molecule has 2 aromatic rings. The number of benzene rings is 2. The number of nitrogens with zero attached hydrogens (tertiary/aromatic N) is 2. The van der Waals surface area contributed by atoms with Crippen LogP contribution in [-0.2, 0) is 4.79 Å². The number of hydrogen-bond acceptors (Lipinski definition) is 3. The lowest BCUT2D eigenvalue weighted by Gasteiger charge is -2.36. The average molecular weight is 443 g/mol. The molecule has 166 valence electrons. The van der Waals surface area contributed by atoms with E-state index in [9.17, 15) is 9.59 Å². The highest BCUT2D eigenvalue weighted by Crippen LogP contribution is 2.22. The smallest absolute Gasteiger partial charge is 0.323 e. The zero-order chi connectivity index (χ0) is 22.2. The van der Waals surface area contributed by atoms with Crippen molar-refractivity contribution in [3.8, 4) is 0 Å². The lowest BCUT2D eigenvalue weighted by atomic mass is 10.1. The number of unbranched alkanes of at least 4 members (excludes halogenated alkanes) is 2. The Kier molecular flexibility index (Phi) is 8.18. The Morgan fingerprint density at radius 2 is 1.58 bits per heavy atom. The molecule has 1 fully saturated rings. The highest BCUT2D eigenvalue weighted by molar-refractivity contribution is 6.31. The number of anilines is 3. The first-order valence-corrected chi connectivity index (χ1v) is 11.3. The van der Waals surface area contributed by atoms with Gasteiger partial charge in [0.15, 0.2) is 0 Å². The van der Waals surface area contributed by atoms with Crippen molar-refractivity contribution in [1.82, 2.24) is 4.90 Å². The molecule has 3 amide bonds. The predicted molar refractivity (Wildman–Crippen MR) is 128 cm³/mol. The number of carbonyl (C=O) groups is 2. The van der Waals surface area contributed by atoms with Crippen LogP contribution in [0.5, 0.6) is 0 Å². The van der Waals surface area contributed by atoms with Gasteiger partial charge in [0, 0.05) is 54.7 Å². The molecule has 0 saturated carbocycles. The van der Waals surface area contributed by atoms with Crippen molar-refractivity contribution in [3.63, 3.8) is 0 Å². The van der Waals surface area contributed by atoms with Crippen molar-refractivity contribution in [1.29, 1.82) is 0 Å². The van der Waals surface area contributed by atoms with Gasteiger partial charge in [0.2, 0.25) is 5.91 Å².